The Morgan fingerprint density at radius 1 is 1.29 bits per heavy atom. The van der Waals surface area contributed by atoms with E-state index in [1.54, 1.807) is 0 Å². The molecule has 0 radical (unpaired) electrons. The number of hydrogen-bond donors (Lipinski definition) is 3. The second-order valence-corrected chi connectivity index (χ2v) is 4.46. The number of carbonyl (C=O) groups excluding carboxylic acids is 2. The Morgan fingerprint density at radius 3 is 2.57 bits per heavy atom. The van der Waals surface area contributed by atoms with Crippen LogP contribution in [0.4, 0.5) is 10.5 Å². The van der Waals surface area contributed by atoms with Crippen molar-refractivity contribution in [2.75, 3.05) is 5.32 Å². The lowest BCUT2D eigenvalue weighted by Crippen LogP contribution is -2.34. The van der Waals surface area contributed by atoms with Gasteiger partial charge in [0.05, 0.1) is 10.6 Å². The quantitative estimate of drug-likeness (QED) is 0.769. The molecule has 0 aromatic heterocycles. The molecule has 0 heterocycles. The highest BCUT2D eigenvalue weighted by molar-refractivity contribution is 6.32. The fraction of sp³-hybridized carbons (Fsp3) is 0.231. The molecule has 8 heteroatoms. The highest BCUT2D eigenvalue weighted by atomic mass is 35.5. The van der Waals surface area contributed by atoms with Gasteiger partial charge in [-0.25, -0.2) is 4.79 Å². The zero-order chi connectivity index (χ0) is 15.8. The van der Waals surface area contributed by atoms with Gasteiger partial charge >= 0.3 is 12.0 Å². The second-order valence-electron chi connectivity index (χ2n) is 4.06. The maximum Gasteiger partial charge on any atom is 0.325 e. The standard InChI is InChI=1S/C13H12ClN3O4/c14-10-6-9(5-4-8(10)7-15)16-13(21)17-11(18)2-1-3-12(19)20/h4-6H,1-3H2,(H,19,20)(H2,16,17,18,21). The van der Waals surface area contributed by atoms with E-state index in [-0.39, 0.29) is 29.8 Å². The van der Waals surface area contributed by atoms with Crippen molar-refractivity contribution in [1.82, 2.24) is 5.32 Å². The first-order chi connectivity index (χ1) is 9.92. The predicted molar refractivity (Wildman–Crippen MR) is 74.8 cm³/mol. The first-order valence-electron chi connectivity index (χ1n) is 5.94. The smallest absolute Gasteiger partial charge is 0.325 e. The summed E-state index contributed by atoms with van der Waals surface area (Å²) in [7, 11) is 0. The Bertz CT molecular complexity index is 610. The van der Waals surface area contributed by atoms with Gasteiger partial charge < -0.3 is 10.4 Å². The van der Waals surface area contributed by atoms with Gasteiger partial charge in [-0.3, -0.25) is 14.9 Å². The van der Waals surface area contributed by atoms with E-state index in [4.69, 9.17) is 22.0 Å². The number of carbonyl (C=O) groups is 3. The number of aliphatic carboxylic acids is 1. The summed E-state index contributed by atoms with van der Waals surface area (Å²) in [6, 6.07) is 5.42. The van der Waals surface area contributed by atoms with Crippen LogP contribution >= 0.6 is 11.6 Å². The van der Waals surface area contributed by atoms with Crippen molar-refractivity contribution in [3.05, 3.63) is 28.8 Å². The molecule has 0 spiro atoms. The zero-order valence-corrected chi connectivity index (χ0v) is 11.6. The van der Waals surface area contributed by atoms with Gasteiger partial charge in [0.1, 0.15) is 6.07 Å². The van der Waals surface area contributed by atoms with Crippen LogP contribution in [0.3, 0.4) is 0 Å². The van der Waals surface area contributed by atoms with Gasteiger partial charge in [0, 0.05) is 18.5 Å². The van der Waals surface area contributed by atoms with Crippen LogP contribution in [0.25, 0.3) is 0 Å². The molecule has 1 aromatic carbocycles. The minimum absolute atomic E-state index is 0.0617. The number of urea groups is 1. The molecule has 110 valence electrons. The maximum absolute atomic E-state index is 11.5. The van der Waals surface area contributed by atoms with Crippen LogP contribution in [0.15, 0.2) is 18.2 Å². The molecule has 3 amide bonds. The van der Waals surface area contributed by atoms with E-state index in [0.29, 0.717) is 5.69 Å². The van der Waals surface area contributed by atoms with Crippen molar-refractivity contribution < 1.29 is 19.5 Å². The molecular weight excluding hydrogens is 298 g/mol. The summed E-state index contributed by atoms with van der Waals surface area (Å²) in [5.41, 5.74) is 0.599. The third kappa shape index (κ3) is 5.93. The number of benzene rings is 1. The Kier molecular flexibility index (Phi) is 6.17. The molecule has 1 aromatic rings. The van der Waals surface area contributed by atoms with Gasteiger partial charge in [-0.05, 0) is 24.6 Å². The lowest BCUT2D eigenvalue weighted by Gasteiger charge is -2.07. The number of carboxylic acids is 1. The molecule has 0 fully saturated rings. The van der Waals surface area contributed by atoms with Gasteiger partial charge in [0.25, 0.3) is 0 Å². The van der Waals surface area contributed by atoms with Crippen LogP contribution < -0.4 is 10.6 Å². The van der Waals surface area contributed by atoms with Crippen LogP contribution in [0, 0.1) is 11.3 Å². The average molecular weight is 310 g/mol. The second kappa shape index (κ2) is 7.87. The summed E-state index contributed by atoms with van der Waals surface area (Å²) in [5.74, 6) is -1.58. The summed E-state index contributed by atoms with van der Waals surface area (Å²) in [5, 5.41) is 21.8. The number of nitriles is 1. The Hall–Kier alpha value is -2.59. The van der Waals surface area contributed by atoms with E-state index >= 15 is 0 Å². The lowest BCUT2D eigenvalue weighted by molar-refractivity contribution is -0.137. The summed E-state index contributed by atoms with van der Waals surface area (Å²) >= 11 is 5.80. The molecule has 0 saturated heterocycles. The Balaban J connectivity index is 2.47. The van der Waals surface area contributed by atoms with E-state index < -0.39 is 17.9 Å². The van der Waals surface area contributed by atoms with Gasteiger partial charge in [0.15, 0.2) is 0 Å². The minimum Gasteiger partial charge on any atom is -0.481 e. The highest BCUT2D eigenvalue weighted by Crippen LogP contribution is 2.19. The van der Waals surface area contributed by atoms with E-state index in [1.807, 2.05) is 6.07 Å². The van der Waals surface area contributed by atoms with Crippen LogP contribution in [0.2, 0.25) is 5.02 Å². The summed E-state index contributed by atoms with van der Waals surface area (Å²) in [6.07, 6.45) is -0.0503. The van der Waals surface area contributed by atoms with E-state index in [2.05, 4.69) is 10.6 Å². The van der Waals surface area contributed by atoms with Crippen LogP contribution in [0.1, 0.15) is 24.8 Å². The van der Waals surface area contributed by atoms with Gasteiger partial charge in [0.2, 0.25) is 5.91 Å². The van der Waals surface area contributed by atoms with Crippen LogP contribution in [0.5, 0.6) is 0 Å². The number of hydrogen-bond acceptors (Lipinski definition) is 4. The predicted octanol–water partition coefficient (Wildman–Crippen LogP) is 2.11. The molecule has 0 saturated carbocycles. The number of amides is 3. The normalized spacial score (nSPS) is 9.52. The molecule has 0 bridgehead atoms. The molecule has 0 aliphatic carbocycles. The largest absolute Gasteiger partial charge is 0.481 e. The number of rotatable bonds is 5. The van der Waals surface area contributed by atoms with Crippen LogP contribution in [-0.4, -0.2) is 23.0 Å². The number of halogens is 1. The van der Waals surface area contributed by atoms with E-state index in [1.165, 1.54) is 18.2 Å². The van der Waals surface area contributed by atoms with Crippen molar-refractivity contribution in [3.8, 4) is 6.07 Å². The van der Waals surface area contributed by atoms with Gasteiger partial charge in [-0.15, -0.1) is 0 Å². The molecule has 0 aliphatic heterocycles. The third-order valence-corrected chi connectivity index (χ3v) is 2.71. The lowest BCUT2D eigenvalue weighted by atomic mass is 10.2. The number of imide groups is 1. The fourth-order valence-electron chi connectivity index (χ4n) is 1.44. The van der Waals surface area contributed by atoms with Crippen molar-refractivity contribution in [2.24, 2.45) is 0 Å². The average Bonchev–Trinajstić information content (AvgIpc) is 2.38. The first-order valence-corrected chi connectivity index (χ1v) is 6.32. The third-order valence-electron chi connectivity index (χ3n) is 2.39. The Morgan fingerprint density at radius 2 is 2.00 bits per heavy atom. The molecule has 0 atom stereocenters. The van der Waals surface area contributed by atoms with Crippen molar-refractivity contribution in [2.45, 2.75) is 19.3 Å². The molecule has 3 N–H and O–H groups in total. The number of nitrogens with zero attached hydrogens (tertiary/aromatic N) is 1. The molecule has 7 nitrogen and oxygen atoms in total. The van der Waals surface area contributed by atoms with E-state index in [9.17, 15) is 14.4 Å². The molecular formula is C13H12ClN3O4. The summed E-state index contributed by atoms with van der Waals surface area (Å²) in [4.78, 5) is 33.2. The minimum atomic E-state index is -1.00. The van der Waals surface area contributed by atoms with Crippen LogP contribution in [-0.2, 0) is 9.59 Å². The first kappa shape index (κ1) is 16.5. The molecule has 0 aliphatic rings. The van der Waals surface area contributed by atoms with Crippen molar-refractivity contribution >= 4 is 35.2 Å². The monoisotopic (exact) mass is 309 g/mol. The summed E-state index contributed by atoms with van der Waals surface area (Å²) in [6.45, 7) is 0. The maximum atomic E-state index is 11.5. The van der Waals surface area contributed by atoms with Gasteiger partial charge in [-0.2, -0.15) is 5.26 Å². The van der Waals surface area contributed by atoms with E-state index in [0.717, 1.165) is 0 Å². The number of nitrogens with one attached hydrogen (secondary N) is 2. The number of carboxylic acid groups (broad SMARTS) is 1. The molecule has 0 unspecified atom stereocenters. The summed E-state index contributed by atoms with van der Waals surface area (Å²) < 4.78 is 0. The molecule has 21 heavy (non-hydrogen) atoms. The van der Waals surface area contributed by atoms with Crippen molar-refractivity contribution in [1.29, 1.82) is 5.26 Å². The Labute approximate surface area is 125 Å². The number of anilines is 1. The fourth-order valence-corrected chi connectivity index (χ4v) is 1.66. The topological polar surface area (TPSA) is 119 Å². The van der Waals surface area contributed by atoms with Gasteiger partial charge in [-0.1, -0.05) is 11.6 Å². The SMILES string of the molecule is N#Cc1ccc(NC(=O)NC(=O)CCCC(=O)O)cc1Cl. The highest BCUT2D eigenvalue weighted by Gasteiger charge is 2.09. The zero-order valence-electron chi connectivity index (χ0n) is 10.9. The van der Waals surface area contributed by atoms with Crippen molar-refractivity contribution in [3.63, 3.8) is 0 Å². The molecule has 1 rings (SSSR count).